The van der Waals surface area contributed by atoms with Crippen LogP contribution in [0.5, 0.6) is 0 Å². The molecule has 222 valence electrons. The molecule has 46 heavy (non-hydrogen) atoms. The monoisotopic (exact) mass is 592 g/mol. The lowest BCUT2D eigenvalue weighted by molar-refractivity contribution is 0.463. The average molecular weight is 593 g/mol. The standard InChI is InChI=1S/C44H36N2/c1-3-16-38(17-4-1)45(42-31-26-33-12-7-8-14-37(33)32-42)40-27-22-34(23-28-40)35-24-29-41(30-25-35)46(39-18-5-2-6-19-39)44-21-11-15-36-13-9-10-20-43(36)44/h1-10,12-14,16-32,36,43H,11,15H2. The highest BCUT2D eigenvalue weighted by atomic mass is 15.2. The fourth-order valence-electron chi connectivity index (χ4n) is 7.02. The van der Waals surface area contributed by atoms with Crippen LogP contribution in [0.15, 0.2) is 188 Å². The first-order valence-electron chi connectivity index (χ1n) is 16.3. The van der Waals surface area contributed by atoms with E-state index in [-0.39, 0.29) is 0 Å². The summed E-state index contributed by atoms with van der Waals surface area (Å²) in [5.41, 5.74) is 9.57. The Morgan fingerprint density at radius 1 is 0.435 bits per heavy atom. The molecule has 0 heterocycles. The molecule has 0 N–H and O–H groups in total. The van der Waals surface area contributed by atoms with Gasteiger partial charge in [0, 0.05) is 40.1 Å². The highest BCUT2D eigenvalue weighted by molar-refractivity contribution is 5.89. The fourth-order valence-corrected chi connectivity index (χ4v) is 7.02. The van der Waals surface area contributed by atoms with Gasteiger partial charge in [-0.25, -0.2) is 0 Å². The van der Waals surface area contributed by atoms with Crippen molar-refractivity contribution >= 4 is 39.2 Å². The first-order chi connectivity index (χ1) is 22.8. The van der Waals surface area contributed by atoms with E-state index in [1.807, 2.05) is 0 Å². The van der Waals surface area contributed by atoms with E-state index in [1.54, 1.807) is 0 Å². The van der Waals surface area contributed by atoms with Crippen LogP contribution < -0.4 is 9.80 Å². The number of allylic oxidation sites excluding steroid dienone is 5. The molecule has 0 radical (unpaired) electrons. The minimum atomic E-state index is 0.390. The number of benzene rings is 6. The zero-order valence-electron chi connectivity index (χ0n) is 25.8. The normalized spacial score (nSPS) is 16.9. The molecule has 6 aromatic carbocycles. The van der Waals surface area contributed by atoms with Crippen molar-refractivity contribution < 1.29 is 0 Å². The maximum absolute atomic E-state index is 2.45. The van der Waals surface area contributed by atoms with Gasteiger partial charge in [-0.15, -0.1) is 0 Å². The molecule has 2 atom stereocenters. The number of hydrogen-bond donors (Lipinski definition) is 0. The van der Waals surface area contributed by atoms with E-state index in [2.05, 4.69) is 192 Å². The molecule has 2 aliphatic rings. The first kappa shape index (κ1) is 27.9. The summed E-state index contributed by atoms with van der Waals surface area (Å²) < 4.78 is 0. The molecule has 2 aliphatic carbocycles. The van der Waals surface area contributed by atoms with Gasteiger partial charge in [0.05, 0.1) is 0 Å². The van der Waals surface area contributed by atoms with Crippen molar-refractivity contribution in [2.24, 2.45) is 11.8 Å². The highest BCUT2D eigenvalue weighted by Crippen LogP contribution is 2.42. The molecule has 0 saturated carbocycles. The number of rotatable bonds is 7. The molecule has 0 aliphatic heterocycles. The van der Waals surface area contributed by atoms with Crippen molar-refractivity contribution in [3.8, 4) is 11.1 Å². The zero-order valence-corrected chi connectivity index (χ0v) is 25.8. The van der Waals surface area contributed by atoms with Gasteiger partial charge in [0.1, 0.15) is 0 Å². The lowest BCUT2D eigenvalue weighted by Gasteiger charge is -2.38. The summed E-state index contributed by atoms with van der Waals surface area (Å²) in [5, 5.41) is 2.48. The molecule has 0 aromatic heterocycles. The molecule has 0 spiro atoms. The summed E-state index contributed by atoms with van der Waals surface area (Å²) >= 11 is 0. The van der Waals surface area contributed by atoms with Crippen LogP contribution >= 0.6 is 0 Å². The van der Waals surface area contributed by atoms with Gasteiger partial charge in [-0.3, -0.25) is 0 Å². The third kappa shape index (κ3) is 5.44. The van der Waals surface area contributed by atoms with Crippen molar-refractivity contribution in [1.82, 2.24) is 0 Å². The summed E-state index contributed by atoms with van der Waals surface area (Å²) in [4.78, 5) is 4.78. The molecule has 0 fully saturated rings. The summed E-state index contributed by atoms with van der Waals surface area (Å²) in [7, 11) is 0. The minimum absolute atomic E-state index is 0.390. The van der Waals surface area contributed by atoms with Crippen LogP contribution in [0.3, 0.4) is 0 Å². The Balaban J connectivity index is 1.11. The van der Waals surface area contributed by atoms with Crippen LogP contribution in [0.4, 0.5) is 28.4 Å². The predicted molar refractivity (Wildman–Crippen MR) is 195 cm³/mol. The van der Waals surface area contributed by atoms with Gasteiger partial charge in [-0.1, -0.05) is 121 Å². The second-order valence-electron chi connectivity index (χ2n) is 12.1. The van der Waals surface area contributed by atoms with Crippen LogP contribution in [0, 0.1) is 11.8 Å². The average Bonchev–Trinajstić information content (AvgIpc) is 3.13. The zero-order chi connectivity index (χ0) is 30.7. The Bertz CT molecular complexity index is 2040. The molecule has 0 amide bonds. The van der Waals surface area contributed by atoms with E-state index in [4.69, 9.17) is 0 Å². The Labute approximate surface area is 271 Å². The SMILES string of the molecule is C1=CC2CCC=C(N(c3ccccc3)c3ccc(-c4ccc(N(c5ccccc5)c5ccc6ccccc6c5)cc4)cc3)C2C=C1. The molecule has 2 unspecified atom stereocenters. The van der Waals surface area contributed by atoms with Gasteiger partial charge < -0.3 is 9.80 Å². The van der Waals surface area contributed by atoms with Crippen molar-refractivity contribution in [3.63, 3.8) is 0 Å². The second-order valence-corrected chi connectivity index (χ2v) is 12.1. The summed E-state index contributed by atoms with van der Waals surface area (Å²) in [6.45, 7) is 0. The van der Waals surface area contributed by atoms with Crippen LogP contribution in [0.25, 0.3) is 21.9 Å². The summed E-state index contributed by atoms with van der Waals surface area (Å²) in [5.74, 6) is 0.945. The van der Waals surface area contributed by atoms with Gasteiger partial charge in [-0.05, 0) is 101 Å². The van der Waals surface area contributed by atoms with Crippen molar-refractivity contribution in [2.45, 2.75) is 12.8 Å². The largest absolute Gasteiger partial charge is 0.314 e. The molecule has 2 heteroatoms. The summed E-state index contributed by atoms with van der Waals surface area (Å²) in [6, 6.07) is 54.6. The Kier molecular flexibility index (Phi) is 7.54. The lowest BCUT2D eigenvalue weighted by Crippen LogP contribution is -2.29. The van der Waals surface area contributed by atoms with Gasteiger partial charge in [0.25, 0.3) is 0 Å². The number of para-hydroxylation sites is 2. The molecule has 0 bridgehead atoms. The maximum atomic E-state index is 2.45. The van der Waals surface area contributed by atoms with Gasteiger partial charge in [0.15, 0.2) is 0 Å². The van der Waals surface area contributed by atoms with E-state index in [0.29, 0.717) is 11.8 Å². The summed E-state index contributed by atoms with van der Waals surface area (Å²) in [6.07, 6.45) is 13.9. The maximum Gasteiger partial charge on any atom is 0.0468 e. The van der Waals surface area contributed by atoms with Crippen molar-refractivity contribution in [3.05, 3.63) is 188 Å². The third-order valence-electron chi connectivity index (χ3n) is 9.31. The van der Waals surface area contributed by atoms with Crippen LogP contribution in [-0.4, -0.2) is 0 Å². The van der Waals surface area contributed by atoms with E-state index in [1.165, 1.54) is 45.4 Å². The van der Waals surface area contributed by atoms with E-state index in [9.17, 15) is 0 Å². The van der Waals surface area contributed by atoms with Gasteiger partial charge in [-0.2, -0.15) is 0 Å². The number of fused-ring (bicyclic) bond motifs is 2. The highest BCUT2D eigenvalue weighted by Gasteiger charge is 2.30. The molecule has 8 rings (SSSR count). The smallest absolute Gasteiger partial charge is 0.0468 e. The first-order valence-corrected chi connectivity index (χ1v) is 16.3. The molecule has 6 aromatic rings. The molecule has 0 saturated heterocycles. The van der Waals surface area contributed by atoms with Crippen LogP contribution in [0.2, 0.25) is 0 Å². The second kappa shape index (κ2) is 12.4. The van der Waals surface area contributed by atoms with Crippen molar-refractivity contribution in [2.75, 3.05) is 9.80 Å². The van der Waals surface area contributed by atoms with Crippen LogP contribution in [-0.2, 0) is 0 Å². The Hall–Kier alpha value is -5.60. The number of hydrogen-bond acceptors (Lipinski definition) is 2. The predicted octanol–water partition coefficient (Wildman–Crippen LogP) is 12.2. The quantitative estimate of drug-likeness (QED) is 0.182. The fraction of sp³-hybridized carbons (Fsp3) is 0.0909. The topological polar surface area (TPSA) is 6.48 Å². The van der Waals surface area contributed by atoms with E-state index in [0.717, 1.165) is 23.5 Å². The number of nitrogens with zero attached hydrogens (tertiary/aromatic N) is 2. The van der Waals surface area contributed by atoms with Gasteiger partial charge >= 0.3 is 0 Å². The van der Waals surface area contributed by atoms with Crippen LogP contribution in [0.1, 0.15) is 12.8 Å². The molecule has 2 nitrogen and oxygen atoms in total. The van der Waals surface area contributed by atoms with E-state index < -0.39 is 0 Å². The molecular formula is C44H36N2. The minimum Gasteiger partial charge on any atom is -0.314 e. The lowest BCUT2D eigenvalue weighted by atomic mass is 9.78. The third-order valence-corrected chi connectivity index (χ3v) is 9.31. The van der Waals surface area contributed by atoms with Gasteiger partial charge in [0.2, 0.25) is 0 Å². The Morgan fingerprint density at radius 2 is 0.957 bits per heavy atom. The number of anilines is 5. The molecular weight excluding hydrogens is 556 g/mol. The Morgan fingerprint density at radius 3 is 1.63 bits per heavy atom. The van der Waals surface area contributed by atoms with E-state index >= 15 is 0 Å². The van der Waals surface area contributed by atoms with Crippen molar-refractivity contribution in [1.29, 1.82) is 0 Å².